The van der Waals surface area contributed by atoms with Gasteiger partial charge in [0.15, 0.2) is 5.78 Å². The molecule has 4 aliphatic rings. The van der Waals surface area contributed by atoms with Gasteiger partial charge in [-0.3, -0.25) is 4.79 Å². The van der Waals surface area contributed by atoms with E-state index in [2.05, 4.69) is 48.1 Å². The first kappa shape index (κ1) is 23.6. The van der Waals surface area contributed by atoms with Crippen LogP contribution < -0.4 is 0 Å². The molecule has 1 heterocycles. The molecule has 1 aliphatic heterocycles. The summed E-state index contributed by atoms with van der Waals surface area (Å²) < 4.78 is 12.7. The summed E-state index contributed by atoms with van der Waals surface area (Å²) in [6.07, 6.45) is 5.54. The first-order chi connectivity index (χ1) is 14.8. The fourth-order valence-electron chi connectivity index (χ4n) is 7.80. The number of ether oxygens (including phenoxy) is 2. The Labute approximate surface area is 195 Å². The minimum atomic E-state index is -0.660. The highest BCUT2D eigenvalue weighted by Gasteiger charge is 2.57. The summed E-state index contributed by atoms with van der Waals surface area (Å²) in [5.74, 6) is 3.95. The molecule has 3 nitrogen and oxygen atoms in total. The van der Waals surface area contributed by atoms with Crippen molar-refractivity contribution in [1.82, 2.24) is 0 Å². The van der Waals surface area contributed by atoms with Gasteiger partial charge in [0, 0.05) is 23.0 Å². The standard InChI is InChI=1S/C29H44O3/c1-16(2)22-21-12-11-17(3)19-15-27(5,6)20(19)13-14-29(21,9)32-24-18(4)26(31-10)28(7,8)25(30)23(22)24/h16,19-22H,3,11-15H2,1-2,4-10H3/t19-,20-,21+,22-,29-/m1/s1. The number of Topliss-reactive ketones (excluding diaryl/α,β-unsaturated/α-hetero) is 1. The number of hydrogen-bond acceptors (Lipinski definition) is 3. The average Bonchev–Trinajstić information content (AvgIpc) is 2.72. The van der Waals surface area contributed by atoms with E-state index in [0.717, 1.165) is 48.3 Å². The highest BCUT2D eigenvalue weighted by Crippen LogP contribution is 2.61. The van der Waals surface area contributed by atoms with Crippen LogP contribution in [0.5, 0.6) is 0 Å². The van der Waals surface area contributed by atoms with Gasteiger partial charge in [-0.2, -0.15) is 0 Å². The minimum absolute atomic E-state index is 0.176. The van der Waals surface area contributed by atoms with Gasteiger partial charge in [-0.1, -0.05) is 39.8 Å². The maximum atomic E-state index is 13.9. The van der Waals surface area contributed by atoms with Crippen molar-refractivity contribution >= 4 is 5.78 Å². The SMILES string of the molecule is C=C1CC[C@H]2[C@@H](C(C)C)C3=C(O[C@]2(C)CC[C@@H]2[C@@H]1CC2(C)C)C(C)=C(OC)C(C)(C)C3=O. The molecule has 2 fully saturated rings. The summed E-state index contributed by atoms with van der Waals surface area (Å²) in [7, 11) is 1.68. The van der Waals surface area contributed by atoms with E-state index < -0.39 is 5.41 Å². The molecule has 3 aliphatic carbocycles. The topological polar surface area (TPSA) is 35.5 Å². The van der Waals surface area contributed by atoms with Gasteiger partial charge in [0.25, 0.3) is 0 Å². The van der Waals surface area contributed by atoms with Crippen molar-refractivity contribution in [2.45, 2.75) is 93.1 Å². The van der Waals surface area contributed by atoms with E-state index in [0.29, 0.717) is 29.1 Å². The normalized spacial score (nSPS) is 38.6. The van der Waals surface area contributed by atoms with Crippen molar-refractivity contribution < 1.29 is 14.3 Å². The van der Waals surface area contributed by atoms with E-state index in [4.69, 9.17) is 9.47 Å². The van der Waals surface area contributed by atoms with E-state index in [1.54, 1.807) is 7.11 Å². The third-order valence-corrected chi connectivity index (χ3v) is 9.60. The summed E-state index contributed by atoms with van der Waals surface area (Å²) in [4.78, 5) is 13.9. The van der Waals surface area contributed by atoms with Crippen LogP contribution in [0.15, 0.2) is 34.8 Å². The van der Waals surface area contributed by atoms with Gasteiger partial charge in [-0.05, 0) is 83.0 Å². The zero-order chi connectivity index (χ0) is 23.8. The fraction of sp³-hybridized carbons (Fsp3) is 0.759. The number of hydrogen-bond donors (Lipinski definition) is 0. The van der Waals surface area contributed by atoms with Gasteiger partial charge in [-0.15, -0.1) is 0 Å². The summed E-state index contributed by atoms with van der Waals surface area (Å²) in [6.45, 7) is 22.3. The van der Waals surface area contributed by atoms with Crippen LogP contribution in [0.25, 0.3) is 0 Å². The Morgan fingerprint density at radius 3 is 2.31 bits per heavy atom. The molecule has 3 heteroatoms. The van der Waals surface area contributed by atoms with Crippen molar-refractivity contribution in [1.29, 1.82) is 0 Å². The summed E-state index contributed by atoms with van der Waals surface area (Å²) >= 11 is 0. The third kappa shape index (κ3) is 3.24. The van der Waals surface area contributed by atoms with E-state index in [1.807, 2.05) is 13.8 Å². The molecule has 0 aromatic carbocycles. The van der Waals surface area contributed by atoms with E-state index in [9.17, 15) is 4.79 Å². The molecule has 0 aromatic heterocycles. The molecular weight excluding hydrogens is 396 g/mol. The lowest BCUT2D eigenvalue weighted by Crippen LogP contribution is -2.52. The molecule has 0 saturated heterocycles. The number of ketones is 1. The zero-order valence-corrected chi connectivity index (χ0v) is 21.9. The van der Waals surface area contributed by atoms with Crippen LogP contribution in [-0.4, -0.2) is 18.5 Å². The van der Waals surface area contributed by atoms with Gasteiger partial charge in [0.05, 0.1) is 12.5 Å². The summed E-state index contributed by atoms with van der Waals surface area (Å²) in [5.41, 5.74) is 2.78. The first-order valence-electron chi connectivity index (χ1n) is 12.7. The van der Waals surface area contributed by atoms with Crippen LogP contribution in [0, 0.1) is 40.4 Å². The van der Waals surface area contributed by atoms with Crippen molar-refractivity contribution in [2.24, 2.45) is 40.4 Å². The van der Waals surface area contributed by atoms with Gasteiger partial charge in [0.1, 0.15) is 17.1 Å². The molecule has 2 saturated carbocycles. The molecule has 5 atom stereocenters. The van der Waals surface area contributed by atoms with Crippen molar-refractivity contribution in [3.8, 4) is 0 Å². The quantitative estimate of drug-likeness (QED) is 0.425. The monoisotopic (exact) mass is 440 g/mol. The predicted octanol–water partition coefficient (Wildman–Crippen LogP) is 7.24. The Hall–Kier alpha value is -1.51. The molecule has 0 spiro atoms. The lowest BCUT2D eigenvalue weighted by Gasteiger charge is -2.54. The maximum absolute atomic E-state index is 13.9. The lowest BCUT2D eigenvalue weighted by molar-refractivity contribution is -0.131. The molecule has 0 unspecified atom stereocenters. The molecule has 32 heavy (non-hydrogen) atoms. The number of allylic oxidation sites excluding steroid dienone is 4. The van der Waals surface area contributed by atoms with Crippen LogP contribution in [-0.2, 0) is 14.3 Å². The smallest absolute Gasteiger partial charge is 0.175 e. The number of carbonyl (C=O) groups excluding carboxylic acids is 1. The Morgan fingerprint density at radius 1 is 1.09 bits per heavy atom. The molecule has 4 rings (SSSR count). The van der Waals surface area contributed by atoms with Crippen LogP contribution >= 0.6 is 0 Å². The van der Waals surface area contributed by atoms with E-state index in [-0.39, 0.29) is 17.3 Å². The van der Waals surface area contributed by atoms with Crippen molar-refractivity contribution in [3.05, 3.63) is 34.8 Å². The lowest BCUT2D eigenvalue weighted by atomic mass is 9.52. The Kier molecular flexibility index (Phi) is 5.54. The van der Waals surface area contributed by atoms with Crippen LogP contribution in [0.1, 0.15) is 87.5 Å². The van der Waals surface area contributed by atoms with Gasteiger partial charge in [-0.25, -0.2) is 0 Å². The zero-order valence-electron chi connectivity index (χ0n) is 21.9. The molecule has 0 N–H and O–H groups in total. The maximum Gasteiger partial charge on any atom is 0.175 e. The number of rotatable bonds is 2. The van der Waals surface area contributed by atoms with Crippen LogP contribution in [0.3, 0.4) is 0 Å². The fourth-order valence-corrected chi connectivity index (χ4v) is 7.80. The highest BCUT2D eigenvalue weighted by molar-refractivity contribution is 6.04. The minimum Gasteiger partial charge on any atom is -0.500 e. The molecule has 0 radical (unpaired) electrons. The second-order valence-electron chi connectivity index (χ2n) is 12.8. The van der Waals surface area contributed by atoms with E-state index in [1.165, 1.54) is 12.0 Å². The van der Waals surface area contributed by atoms with Gasteiger partial charge in [0.2, 0.25) is 0 Å². The van der Waals surface area contributed by atoms with Crippen LogP contribution in [0.4, 0.5) is 0 Å². The van der Waals surface area contributed by atoms with Gasteiger partial charge >= 0.3 is 0 Å². The largest absolute Gasteiger partial charge is 0.500 e. The molecule has 0 aromatic rings. The summed E-state index contributed by atoms with van der Waals surface area (Å²) in [5, 5.41) is 0. The second kappa shape index (κ2) is 7.50. The molecule has 0 bridgehead atoms. The van der Waals surface area contributed by atoms with Crippen molar-refractivity contribution in [3.63, 3.8) is 0 Å². The molecular formula is C29H44O3. The third-order valence-electron chi connectivity index (χ3n) is 9.60. The summed E-state index contributed by atoms with van der Waals surface area (Å²) in [6, 6.07) is 0. The van der Waals surface area contributed by atoms with Crippen molar-refractivity contribution in [2.75, 3.05) is 7.11 Å². The molecule has 178 valence electrons. The first-order valence-corrected chi connectivity index (χ1v) is 12.7. The number of methoxy groups -OCH3 is 1. The number of carbonyl (C=O) groups is 1. The Balaban J connectivity index is 1.83. The Bertz CT molecular complexity index is 899. The van der Waals surface area contributed by atoms with Gasteiger partial charge < -0.3 is 9.47 Å². The average molecular weight is 441 g/mol. The predicted molar refractivity (Wildman–Crippen MR) is 130 cm³/mol. The van der Waals surface area contributed by atoms with Crippen LogP contribution in [0.2, 0.25) is 0 Å². The van der Waals surface area contributed by atoms with E-state index >= 15 is 0 Å². The number of fused-ring (bicyclic) bond motifs is 2. The Morgan fingerprint density at radius 2 is 1.75 bits per heavy atom. The second-order valence-corrected chi connectivity index (χ2v) is 12.8. The highest BCUT2D eigenvalue weighted by atomic mass is 16.5. The molecule has 0 amide bonds.